The molecule has 0 spiro atoms. The molecule has 0 radical (unpaired) electrons. The van der Waals surface area contributed by atoms with E-state index in [1.165, 1.54) is 0 Å². The van der Waals surface area contributed by atoms with Crippen LogP contribution in [0.15, 0.2) is 61.1 Å². The molecule has 0 bridgehead atoms. The van der Waals surface area contributed by atoms with Crippen molar-refractivity contribution in [1.82, 2.24) is 14.8 Å². The fraction of sp³-hybridized carbons (Fsp3) is 0.0625. The van der Waals surface area contributed by atoms with Gasteiger partial charge < -0.3 is 5.32 Å². The zero-order chi connectivity index (χ0) is 14.7. The van der Waals surface area contributed by atoms with Gasteiger partial charge in [-0.05, 0) is 49.4 Å². The molecule has 3 rings (SSSR count). The van der Waals surface area contributed by atoms with Crippen LogP contribution in [0.2, 0.25) is 0 Å². The van der Waals surface area contributed by atoms with Gasteiger partial charge in [0.25, 0.3) is 5.91 Å². The lowest BCUT2D eigenvalue weighted by Crippen LogP contribution is -2.11. The maximum absolute atomic E-state index is 12.0. The molecule has 0 aliphatic rings. The van der Waals surface area contributed by atoms with Crippen molar-refractivity contribution < 1.29 is 4.79 Å². The maximum atomic E-state index is 12.0. The Balaban J connectivity index is 1.74. The minimum Gasteiger partial charge on any atom is -0.322 e. The predicted octanol–water partition coefficient (Wildman–Crippen LogP) is 2.83. The van der Waals surface area contributed by atoms with Gasteiger partial charge in [0.05, 0.1) is 11.4 Å². The molecule has 2 aromatic heterocycles. The van der Waals surface area contributed by atoms with Crippen LogP contribution < -0.4 is 5.32 Å². The summed E-state index contributed by atoms with van der Waals surface area (Å²) in [6.07, 6.45) is 5.09. The minimum absolute atomic E-state index is 0.153. The van der Waals surface area contributed by atoms with Crippen LogP contribution in [0.3, 0.4) is 0 Å². The maximum Gasteiger partial charge on any atom is 0.255 e. The van der Waals surface area contributed by atoms with Crippen LogP contribution >= 0.6 is 0 Å². The third-order valence-corrected chi connectivity index (χ3v) is 3.05. The van der Waals surface area contributed by atoms with E-state index in [1.807, 2.05) is 43.5 Å². The standard InChI is InChI=1S/C16H14N4O/c1-12-8-11-20(19-12)15-4-2-14(3-5-15)18-16(21)13-6-9-17-10-7-13/h2-11H,1H3,(H,18,21). The van der Waals surface area contributed by atoms with E-state index in [-0.39, 0.29) is 5.91 Å². The molecule has 0 aliphatic carbocycles. The summed E-state index contributed by atoms with van der Waals surface area (Å²) in [4.78, 5) is 15.9. The van der Waals surface area contributed by atoms with E-state index in [9.17, 15) is 4.79 Å². The first-order chi connectivity index (χ1) is 10.2. The van der Waals surface area contributed by atoms with Crippen molar-refractivity contribution in [2.75, 3.05) is 5.32 Å². The Kier molecular flexibility index (Phi) is 3.47. The molecule has 21 heavy (non-hydrogen) atoms. The number of aryl methyl sites for hydroxylation is 1. The van der Waals surface area contributed by atoms with E-state index in [1.54, 1.807) is 29.2 Å². The molecule has 0 saturated carbocycles. The number of hydrogen-bond donors (Lipinski definition) is 1. The topological polar surface area (TPSA) is 59.8 Å². The smallest absolute Gasteiger partial charge is 0.255 e. The Bertz CT molecular complexity index is 747. The van der Waals surface area contributed by atoms with Gasteiger partial charge in [0.15, 0.2) is 0 Å². The highest BCUT2D eigenvalue weighted by molar-refractivity contribution is 6.04. The molecule has 5 nitrogen and oxygen atoms in total. The normalized spacial score (nSPS) is 10.3. The van der Waals surface area contributed by atoms with Crippen LogP contribution in [0.5, 0.6) is 0 Å². The molecule has 0 fully saturated rings. The molecular weight excluding hydrogens is 264 g/mol. The molecule has 0 saturated heterocycles. The number of benzene rings is 1. The Morgan fingerprint density at radius 2 is 1.76 bits per heavy atom. The number of nitrogens with one attached hydrogen (secondary N) is 1. The first-order valence-corrected chi connectivity index (χ1v) is 6.56. The molecule has 1 N–H and O–H groups in total. The van der Waals surface area contributed by atoms with Gasteiger partial charge in [-0.25, -0.2) is 4.68 Å². The minimum atomic E-state index is -0.153. The highest BCUT2D eigenvalue weighted by atomic mass is 16.1. The zero-order valence-electron chi connectivity index (χ0n) is 11.5. The van der Waals surface area contributed by atoms with Crippen molar-refractivity contribution in [3.63, 3.8) is 0 Å². The average molecular weight is 278 g/mol. The average Bonchev–Trinajstić information content (AvgIpc) is 2.95. The Morgan fingerprint density at radius 3 is 2.38 bits per heavy atom. The predicted molar refractivity (Wildman–Crippen MR) is 80.5 cm³/mol. The fourth-order valence-corrected chi connectivity index (χ4v) is 1.96. The molecule has 0 aliphatic heterocycles. The SMILES string of the molecule is Cc1ccn(-c2ccc(NC(=O)c3ccncc3)cc2)n1. The van der Waals surface area contributed by atoms with Crippen LogP contribution in [0.25, 0.3) is 5.69 Å². The third-order valence-electron chi connectivity index (χ3n) is 3.05. The van der Waals surface area contributed by atoms with Gasteiger partial charge in [-0.2, -0.15) is 5.10 Å². The number of carbonyl (C=O) groups excluding carboxylic acids is 1. The van der Waals surface area contributed by atoms with Crippen LogP contribution in [0, 0.1) is 6.92 Å². The summed E-state index contributed by atoms with van der Waals surface area (Å²) in [7, 11) is 0. The molecule has 104 valence electrons. The number of pyridine rings is 1. The zero-order valence-corrected chi connectivity index (χ0v) is 11.5. The van der Waals surface area contributed by atoms with Gasteiger partial charge >= 0.3 is 0 Å². The number of carbonyl (C=O) groups is 1. The second-order valence-corrected chi connectivity index (χ2v) is 4.64. The molecule has 3 aromatic rings. The highest BCUT2D eigenvalue weighted by Gasteiger charge is 2.05. The third kappa shape index (κ3) is 2.97. The van der Waals surface area contributed by atoms with Crippen LogP contribution in [0.1, 0.15) is 16.1 Å². The molecule has 1 amide bonds. The van der Waals surface area contributed by atoms with Crippen LogP contribution in [-0.2, 0) is 0 Å². The summed E-state index contributed by atoms with van der Waals surface area (Å²) in [5.41, 5.74) is 3.23. The summed E-state index contributed by atoms with van der Waals surface area (Å²) in [5.74, 6) is -0.153. The lowest BCUT2D eigenvalue weighted by molar-refractivity contribution is 0.102. The monoisotopic (exact) mass is 278 g/mol. The Hall–Kier alpha value is -2.95. The second-order valence-electron chi connectivity index (χ2n) is 4.64. The number of nitrogens with zero attached hydrogens (tertiary/aromatic N) is 3. The quantitative estimate of drug-likeness (QED) is 0.801. The van der Waals surface area contributed by atoms with Crippen molar-refractivity contribution >= 4 is 11.6 Å². The summed E-state index contributed by atoms with van der Waals surface area (Å²) < 4.78 is 1.80. The van der Waals surface area contributed by atoms with Crippen molar-refractivity contribution in [2.24, 2.45) is 0 Å². The summed E-state index contributed by atoms with van der Waals surface area (Å²) >= 11 is 0. The van der Waals surface area contributed by atoms with Gasteiger partial charge in [0.1, 0.15) is 0 Å². The Morgan fingerprint density at radius 1 is 1.05 bits per heavy atom. The lowest BCUT2D eigenvalue weighted by atomic mass is 10.2. The van der Waals surface area contributed by atoms with E-state index >= 15 is 0 Å². The number of anilines is 1. The first-order valence-electron chi connectivity index (χ1n) is 6.56. The summed E-state index contributed by atoms with van der Waals surface area (Å²) in [6, 6.07) is 12.8. The molecule has 1 aromatic carbocycles. The highest BCUT2D eigenvalue weighted by Crippen LogP contribution is 2.14. The van der Waals surface area contributed by atoms with E-state index in [0.29, 0.717) is 5.56 Å². The van der Waals surface area contributed by atoms with Gasteiger partial charge in [0.2, 0.25) is 0 Å². The van der Waals surface area contributed by atoms with E-state index < -0.39 is 0 Å². The summed E-state index contributed by atoms with van der Waals surface area (Å²) in [6.45, 7) is 1.94. The number of amides is 1. The molecule has 5 heteroatoms. The van der Waals surface area contributed by atoms with E-state index in [2.05, 4.69) is 15.4 Å². The van der Waals surface area contributed by atoms with Gasteiger partial charge in [-0.3, -0.25) is 9.78 Å². The van der Waals surface area contributed by atoms with Gasteiger partial charge in [0, 0.05) is 29.8 Å². The summed E-state index contributed by atoms with van der Waals surface area (Å²) in [5, 5.41) is 7.19. The van der Waals surface area contributed by atoms with Crippen LogP contribution in [-0.4, -0.2) is 20.7 Å². The van der Waals surface area contributed by atoms with Crippen molar-refractivity contribution in [3.8, 4) is 5.69 Å². The second kappa shape index (κ2) is 5.58. The molecule has 0 atom stereocenters. The van der Waals surface area contributed by atoms with E-state index in [4.69, 9.17) is 0 Å². The largest absolute Gasteiger partial charge is 0.322 e. The number of rotatable bonds is 3. The number of aromatic nitrogens is 3. The lowest BCUT2D eigenvalue weighted by Gasteiger charge is -2.06. The van der Waals surface area contributed by atoms with Crippen molar-refractivity contribution in [1.29, 1.82) is 0 Å². The molecular formula is C16H14N4O. The van der Waals surface area contributed by atoms with E-state index in [0.717, 1.165) is 17.1 Å². The van der Waals surface area contributed by atoms with Gasteiger partial charge in [-0.1, -0.05) is 0 Å². The fourth-order valence-electron chi connectivity index (χ4n) is 1.96. The van der Waals surface area contributed by atoms with Crippen molar-refractivity contribution in [2.45, 2.75) is 6.92 Å². The molecule has 0 unspecified atom stereocenters. The number of hydrogen-bond acceptors (Lipinski definition) is 3. The first kappa shape index (κ1) is 13.1. The van der Waals surface area contributed by atoms with Crippen LogP contribution in [0.4, 0.5) is 5.69 Å². The van der Waals surface area contributed by atoms with Crippen molar-refractivity contribution in [3.05, 3.63) is 72.3 Å². The Labute approximate surface area is 122 Å². The van der Waals surface area contributed by atoms with Gasteiger partial charge in [-0.15, -0.1) is 0 Å². The molecule has 2 heterocycles.